The average molecular weight is 470 g/mol. The summed E-state index contributed by atoms with van der Waals surface area (Å²) in [6.45, 7) is 3.39. The molecule has 0 bridgehead atoms. The number of alkyl halides is 3. The predicted octanol–water partition coefficient (Wildman–Crippen LogP) is 3.55. The Morgan fingerprint density at radius 2 is 2.06 bits per heavy atom. The molecule has 4 heterocycles. The van der Waals surface area contributed by atoms with Gasteiger partial charge in [0.15, 0.2) is 5.76 Å². The number of furan rings is 1. The highest BCUT2D eigenvalue weighted by molar-refractivity contribution is 7.09. The Balaban J connectivity index is 0.000000360. The highest BCUT2D eigenvalue weighted by Crippen LogP contribution is 2.25. The van der Waals surface area contributed by atoms with Crippen LogP contribution < -0.4 is 5.32 Å². The lowest BCUT2D eigenvalue weighted by molar-refractivity contribution is -0.192. The highest BCUT2D eigenvalue weighted by atomic mass is 32.1. The number of nitrogens with one attached hydrogen (secondary N) is 1. The Morgan fingerprint density at radius 1 is 1.28 bits per heavy atom. The normalized spacial score (nSPS) is 16.0. The smallest absolute Gasteiger partial charge is 0.475 e. The van der Waals surface area contributed by atoms with E-state index in [1.165, 1.54) is 16.8 Å². The molecular formula is C20H21F3N4O4S. The third kappa shape index (κ3) is 6.44. The molecule has 0 aliphatic carbocycles. The van der Waals surface area contributed by atoms with Crippen molar-refractivity contribution in [3.63, 3.8) is 0 Å². The molecule has 1 aliphatic rings. The van der Waals surface area contributed by atoms with Crippen molar-refractivity contribution < 1.29 is 32.3 Å². The minimum Gasteiger partial charge on any atom is -0.475 e. The summed E-state index contributed by atoms with van der Waals surface area (Å²) in [7, 11) is 0. The zero-order valence-corrected chi connectivity index (χ0v) is 17.6. The van der Waals surface area contributed by atoms with Gasteiger partial charge in [0.05, 0.1) is 18.0 Å². The van der Waals surface area contributed by atoms with Gasteiger partial charge in [0.25, 0.3) is 5.91 Å². The molecule has 0 spiro atoms. The fourth-order valence-corrected chi connectivity index (χ4v) is 4.02. The van der Waals surface area contributed by atoms with Crippen LogP contribution in [0.4, 0.5) is 13.2 Å². The van der Waals surface area contributed by atoms with Crippen molar-refractivity contribution in [3.05, 3.63) is 64.5 Å². The number of carbonyl (C=O) groups is 2. The maximum absolute atomic E-state index is 12.0. The van der Waals surface area contributed by atoms with Gasteiger partial charge in [-0.25, -0.2) is 4.79 Å². The Labute approximate surface area is 185 Å². The minimum atomic E-state index is -5.08. The Hall–Kier alpha value is -3.12. The largest absolute Gasteiger partial charge is 0.490 e. The number of carbonyl (C=O) groups excluding carboxylic acids is 1. The molecule has 1 unspecified atom stereocenters. The summed E-state index contributed by atoms with van der Waals surface area (Å²) in [5.74, 6) is -2.58. The summed E-state index contributed by atoms with van der Waals surface area (Å²) in [5.41, 5.74) is 1.23. The van der Waals surface area contributed by atoms with Gasteiger partial charge < -0.3 is 14.8 Å². The number of carboxylic acids is 1. The van der Waals surface area contributed by atoms with E-state index in [0.29, 0.717) is 12.3 Å². The van der Waals surface area contributed by atoms with Crippen molar-refractivity contribution in [2.75, 3.05) is 13.1 Å². The van der Waals surface area contributed by atoms with E-state index < -0.39 is 12.1 Å². The molecule has 4 rings (SSSR count). The summed E-state index contributed by atoms with van der Waals surface area (Å²) in [6.07, 6.45) is -0.880. The molecule has 3 aromatic heterocycles. The molecule has 1 amide bonds. The van der Waals surface area contributed by atoms with Crippen molar-refractivity contribution in [1.82, 2.24) is 20.0 Å². The number of amides is 1. The van der Waals surface area contributed by atoms with E-state index >= 15 is 0 Å². The van der Waals surface area contributed by atoms with Gasteiger partial charge in [0.1, 0.15) is 0 Å². The second kappa shape index (κ2) is 10.5. The van der Waals surface area contributed by atoms with Crippen molar-refractivity contribution in [1.29, 1.82) is 0 Å². The molecular weight excluding hydrogens is 449 g/mol. The topological polar surface area (TPSA) is 101 Å². The molecule has 8 nitrogen and oxygen atoms in total. The molecule has 1 aliphatic heterocycles. The molecule has 2 N–H and O–H groups in total. The van der Waals surface area contributed by atoms with Gasteiger partial charge in [0.2, 0.25) is 0 Å². The third-order valence-electron chi connectivity index (χ3n) is 4.66. The number of hydrogen-bond donors (Lipinski definition) is 2. The van der Waals surface area contributed by atoms with Crippen LogP contribution >= 0.6 is 11.3 Å². The van der Waals surface area contributed by atoms with E-state index in [2.05, 4.69) is 43.6 Å². The van der Waals surface area contributed by atoms with Crippen LogP contribution in [0.25, 0.3) is 0 Å². The lowest BCUT2D eigenvalue weighted by Gasteiger charge is -2.33. The quantitative estimate of drug-likeness (QED) is 0.572. The SMILES string of the molecule is O=C(NCCC1CN(Cc2cccs2)Cc2ccnn21)c1ccco1.O=C(O)C(F)(F)F. The summed E-state index contributed by atoms with van der Waals surface area (Å²) < 4.78 is 39.0. The van der Waals surface area contributed by atoms with Gasteiger partial charge in [-0.1, -0.05) is 6.07 Å². The molecule has 0 saturated carbocycles. The van der Waals surface area contributed by atoms with Gasteiger partial charge >= 0.3 is 12.1 Å². The van der Waals surface area contributed by atoms with Crippen LogP contribution in [0.2, 0.25) is 0 Å². The first kappa shape index (κ1) is 23.5. The average Bonchev–Trinajstić information content (AvgIpc) is 3.50. The number of fused-ring (bicyclic) bond motifs is 1. The minimum absolute atomic E-state index is 0.170. The molecule has 3 aromatic rings. The van der Waals surface area contributed by atoms with Crippen LogP contribution in [0.5, 0.6) is 0 Å². The highest BCUT2D eigenvalue weighted by Gasteiger charge is 2.38. The third-order valence-corrected chi connectivity index (χ3v) is 5.52. The van der Waals surface area contributed by atoms with Gasteiger partial charge in [-0.05, 0) is 36.1 Å². The molecule has 0 aromatic carbocycles. The maximum Gasteiger partial charge on any atom is 0.490 e. The molecule has 0 saturated heterocycles. The molecule has 0 fully saturated rings. The number of carboxylic acid groups (broad SMARTS) is 1. The first-order valence-electron chi connectivity index (χ1n) is 9.63. The summed E-state index contributed by atoms with van der Waals surface area (Å²) in [5, 5.41) is 16.6. The molecule has 0 radical (unpaired) electrons. The number of aromatic nitrogens is 2. The van der Waals surface area contributed by atoms with Crippen LogP contribution in [0.1, 0.15) is 33.6 Å². The van der Waals surface area contributed by atoms with Gasteiger partial charge in [0, 0.05) is 37.3 Å². The van der Waals surface area contributed by atoms with Crippen LogP contribution in [0, 0.1) is 0 Å². The van der Waals surface area contributed by atoms with Crippen molar-refractivity contribution in [2.24, 2.45) is 0 Å². The molecule has 172 valence electrons. The Morgan fingerprint density at radius 3 is 2.69 bits per heavy atom. The first-order chi connectivity index (χ1) is 15.2. The monoisotopic (exact) mass is 470 g/mol. The van der Waals surface area contributed by atoms with E-state index in [1.54, 1.807) is 23.5 Å². The van der Waals surface area contributed by atoms with E-state index in [1.807, 2.05) is 6.20 Å². The van der Waals surface area contributed by atoms with Crippen molar-refractivity contribution in [2.45, 2.75) is 31.7 Å². The van der Waals surface area contributed by atoms with Crippen LogP contribution in [0.3, 0.4) is 0 Å². The van der Waals surface area contributed by atoms with Gasteiger partial charge in [-0.15, -0.1) is 11.3 Å². The number of nitrogens with zero attached hydrogens (tertiary/aromatic N) is 3. The van der Waals surface area contributed by atoms with Gasteiger partial charge in [-0.3, -0.25) is 14.4 Å². The number of aliphatic carboxylic acids is 1. The molecule has 12 heteroatoms. The van der Waals surface area contributed by atoms with Crippen molar-refractivity contribution in [3.8, 4) is 0 Å². The Bertz CT molecular complexity index is 1000. The number of hydrogen-bond acceptors (Lipinski definition) is 6. The van der Waals surface area contributed by atoms with E-state index in [-0.39, 0.29) is 11.9 Å². The Kier molecular flexibility index (Phi) is 7.70. The lowest BCUT2D eigenvalue weighted by Crippen LogP contribution is -2.38. The van der Waals surface area contributed by atoms with E-state index in [9.17, 15) is 18.0 Å². The fraction of sp³-hybridized carbons (Fsp3) is 0.350. The lowest BCUT2D eigenvalue weighted by atomic mass is 10.1. The predicted molar refractivity (Wildman–Crippen MR) is 109 cm³/mol. The standard InChI is InChI=1S/C18H20N4O2S.C2HF3O2/c23-18(17-4-1-9-24-17)19-7-5-14-11-21(13-16-3-2-10-25-16)12-15-6-8-20-22(14)15;3-2(4,5)1(6)7/h1-4,6,8-10,14H,5,7,11-13H2,(H,19,23);(H,6,7). The second-order valence-corrected chi connectivity index (χ2v) is 8.03. The van der Waals surface area contributed by atoms with Crippen LogP contribution in [-0.4, -0.2) is 50.9 Å². The summed E-state index contributed by atoms with van der Waals surface area (Å²) in [6, 6.07) is 9.99. The van der Waals surface area contributed by atoms with Crippen LogP contribution in [-0.2, 0) is 17.9 Å². The van der Waals surface area contributed by atoms with E-state index in [4.69, 9.17) is 14.3 Å². The number of halogens is 3. The second-order valence-electron chi connectivity index (χ2n) is 6.99. The van der Waals surface area contributed by atoms with E-state index in [0.717, 1.165) is 26.1 Å². The first-order valence-corrected chi connectivity index (χ1v) is 10.5. The summed E-state index contributed by atoms with van der Waals surface area (Å²) in [4.78, 5) is 24.7. The fourth-order valence-electron chi connectivity index (χ4n) is 3.27. The summed E-state index contributed by atoms with van der Waals surface area (Å²) >= 11 is 1.79. The van der Waals surface area contributed by atoms with Crippen molar-refractivity contribution >= 4 is 23.2 Å². The number of thiophene rings is 1. The van der Waals surface area contributed by atoms with Crippen LogP contribution in [0.15, 0.2) is 52.6 Å². The zero-order valence-electron chi connectivity index (χ0n) is 16.8. The molecule has 1 atom stereocenters. The number of rotatable bonds is 6. The zero-order chi connectivity index (χ0) is 23.1. The molecule has 32 heavy (non-hydrogen) atoms. The maximum atomic E-state index is 12.0. The van der Waals surface area contributed by atoms with Gasteiger partial charge in [-0.2, -0.15) is 18.3 Å².